The standard InChI is InChI=1S/C19H25N5O2/c25-19(22-10-12-26-13-11-22)24-8-3-4-16(14-24)18-21-7-9-23(18)15-17-5-1-2-6-20-17/h1-2,5-7,9,16H,3-4,8,10-15H2. The van der Waals surface area contributed by atoms with E-state index in [1.165, 1.54) is 0 Å². The van der Waals surface area contributed by atoms with E-state index >= 15 is 0 Å². The molecule has 0 spiro atoms. The van der Waals surface area contributed by atoms with Gasteiger partial charge in [0, 0.05) is 50.7 Å². The minimum Gasteiger partial charge on any atom is -0.378 e. The average Bonchev–Trinajstić information content (AvgIpc) is 3.17. The number of piperidine rings is 1. The molecule has 2 fully saturated rings. The van der Waals surface area contributed by atoms with Crippen LogP contribution in [0.1, 0.15) is 30.3 Å². The number of imidazole rings is 1. The molecule has 4 heterocycles. The quantitative estimate of drug-likeness (QED) is 0.844. The first kappa shape index (κ1) is 17.0. The second-order valence-electron chi connectivity index (χ2n) is 6.90. The Morgan fingerprint density at radius 2 is 2.00 bits per heavy atom. The Kier molecular flexibility index (Phi) is 5.15. The summed E-state index contributed by atoms with van der Waals surface area (Å²) in [4.78, 5) is 25.7. The van der Waals surface area contributed by atoms with E-state index < -0.39 is 0 Å². The van der Waals surface area contributed by atoms with Crippen molar-refractivity contribution in [2.24, 2.45) is 0 Å². The van der Waals surface area contributed by atoms with Gasteiger partial charge in [0.15, 0.2) is 0 Å². The van der Waals surface area contributed by atoms with Crippen molar-refractivity contribution < 1.29 is 9.53 Å². The lowest BCUT2D eigenvalue weighted by atomic mass is 9.97. The third-order valence-corrected chi connectivity index (χ3v) is 5.14. The lowest BCUT2D eigenvalue weighted by Gasteiger charge is -2.37. The number of carbonyl (C=O) groups excluding carboxylic acids is 1. The number of rotatable bonds is 3. The molecule has 2 saturated heterocycles. The van der Waals surface area contributed by atoms with Crippen LogP contribution in [0.25, 0.3) is 0 Å². The van der Waals surface area contributed by atoms with Gasteiger partial charge >= 0.3 is 6.03 Å². The van der Waals surface area contributed by atoms with Gasteiger partial charge in [-0.15, -0.1) is 0 Å². The van der Waals surface area contributed by atoms with Gasteiger partial charge in [-0.1, -0.05) is 6.07 Å². The average molecular weight is 355 g/mol. The van der Waals surface area contributed by atoms with E-state index in [2.05, 4.69) is 14.5 Å². The summed E-state index contributed by atoms with van der Waals surface area (Å²) in [7, 11) is 0. The second kappa shape index (κ2) is 7.86. The molecular formula is C19H25N5O2. The third kappa shape index (κ3) is 3.72. The van der Waals surface area contributed by atoms with E-state index in [-0.39, 0.29) is 11.9 Å². The minimum absolute atomic E-state index is 0.140. The summed E-state index contributed by atoms with van der Waals surface area (Å²) in [5.41, 5.74) is 1.02. The van der Waals surface area contributed by atoms with Crippen LogP contribution >= 0.6 is 0 Å². The predicted molar refractivity (Wildman–Crippen MR) is 96.9 cm³/mol. The number of amides is 2. The molecule has 2 aromatic heterocycles. The molecule has 0 radical (unpaired) electrons. The van der Waals surface area contributed by atoms with Crippen LogP contribution in [0.5, 0.6) is 0 Å². The number of carbonyl (C=O) groups is 1. The molecule has 2 aromatic rings. The molecule has 0 N–H and O–H groups in total. The molecule has 1 unspecified atom stereocenters. The molecule has 1 atom stereocenters. The topological polar surface area (TPSA) is 63.5 Å². The number of morpholine rings is 1. The SMILES string of the molecule is O=C(N1CCOCC1)N1CCCC(c2nccn2Cc2ccccn2)C1. The normalized spacial score (nSPS) is 21.0. The Hall–Kier alpha value is -2.41. The highest BCUT2D eigenvalue weighted by Crippen LogP contribution is 2.27. The number of hydrogen-bond acceptors (Lipinski definition) is 4. The van der Waals surface area contributed by atoms with Crippen LogP contribution < -0.4 is 0 Å². The summed E-state index contributed by atoms with van der Waals surface area (Å²) >= 11 is 0. The molecule has 0 bridgehead atoms. The van der Waals surface area contributed by atoms with Crippen molar-refractivity contribution in [3.63, 3.8) is 0 Å². The Morgan fingerprint density at radius 1 is 1.12 bits per heavy atom. The molecule has 2 aliphatic rings. The highest BCUT2D eigenvalue weighted by atomic mass is 16.5. The third-order valence-electron chi connectivity index (χ3n) is 5.14. The molecule has 0 aromatic carbocycles. The molecule has 7 heteroatoms. The molecule has 2 amide bonds. The van der Waals surface area contributed by atoms with Crippen LogP contribution in [0.2, 0.25) is 0 Å². The molecule has 7 nitrogen and oxygen atoms in total. The zero-order valence-corrected chi connectivity index (χ0v) is 15.0. The van der Waals surface area contributed by atoms with Crippen molar-refractivity contribution in [2.75, 3.05) is 39.4 Å². The van der Waals surface area contributed by atoms with E-state index in [0.29, 0.717) is 32.8 Å². The van der Waals surface area contributed by atoms with E-state index in [9.17, 15) is 4.79 Å². The first-order chi connectivity index (χ1) is 12.8. The zero-order valence-electron chi connectivity index (χ0n) is 15.0. The van der Waals surface area contributed by atoms with E-state index in [0.717, 1.165) is 37.4 Å². The van der Waals surface area contributed by atoms with Crippen LogP contribution in [0.15, 0.2) is 36.8 Å². The molecule has 26 heavy (non-hydrogen) atoms. The Morgan fingerprint density at radius 3 is 2.81 bits per heavy atom. The maximum atomic E-state index is 12.8. The van der Waals surface area contributed by atoms with Gasteiger partial charge < -0.3 is 19.1 Å². The summed E-state index contributed by atoms with van der Waals surface area (Å²) in [6, 6.07) is 6.09. The monoisotopic (exact) mass is 355 g/mol. The fraction of sp³-hybridized carbons (Fsp3) is 0.526. The van der Waals surface area contributed by atoms with Gasteiger partial charge in [-0.3, -0.25) is 4.98 Å². The first-order valence-electron chi connectivity index (χ1n) is 9.34. The van der Waals surface area contributed by atoms with E-state index in [1.807, 2.05) is 46.6 Å². The number of urea groups is 1. The maximum Gasteiger partial charge on any atom is 0.320 e. The van der Waals surface area contributed by atoms with Crippen LogP contribution in [0.3, 0.4) is 0 Å². The van der Waals surface area contributed by atoms with Gasteiger partial charge in [-0.2, -0.15) is 0 Å². The maximum absolute atomic E-state index is 12.8. The fourth-order valence-corrected chi connectivity index (χ4v) is 3.80. The fourth-order valence-electron chi connectivity index (χ4n) is 3.80. The number of hydrogen-bond donors (Lipinski definition) is 0. The summed E-state index contributed by atoms with van der Waals surface area (Å²) in [5, 5.41) is 0. The number of likely N-dealkylation sites (tertiary alicyclic amines) is 1. The summed E-state index contributed by atoms with van der Waals surface area (Å²) in [6.45, 7) is 4.92. The first-order valence-corrected chi connectivity index (χ1v) is 9.34. The smallest absolute Gasteiger partial charge is 0.320 e. The predicted octanol–water partition coefficient (Wildman–Crippen LogP) is 1.96. The number of nitrogens with zero attached hydrogens (tertiary/aromatic N) is 5. The van der Waals surface area contributed by atoms with Gasteiger partial charge in [0.1, 0.15) is 5.82 Å². The number of ether oxygens (including phenoxy) is 1. The van der Waals surface area contributed by atoms with Gasteiger partial charge in [0.05, 0.1) is 25.5 Å². The van der Waals surface area contributed by atoms with Crippen molar-refractivity contribution in [3.8, 4) is 0 Å². The van der Waals surface area contributed by atoms with E-state index in [1.54, 1.807) is 0 Å². The van der Waals surface area contributed by atoms with Crippen LogP contribution in [0, 0.1) is 0 Å². The van der Waals surface area contributed by atoms with Crippen molar-refractivity contribution in [1.29, 1.82) is 0 Å². The number of pyridine rings is 1. The van der Waals surface area contributed by atoms with Gasteiger partial charge in [0.25, 0.3) is 0 Å². The van der Waals surface area contributed by atoms with Crippen molar-refractivity contribution in [2.45, 2.75) is 25.3 Å². The molecule has 4 rings (SSSR count). The summed E-state index contributed by atoms with van der Waals surface area (Å²) in [5.74, 6) is 1.32. The highest BCUT2D eigenvalue weighted by Gasteiger charge is 2.30. The molecule has 138 valence electrons. The van der Waals surface area contributed by atoms with Crippen molar-refractivity contribution in [3.05, 3.63) is 48.3 Å². The van der Waals surface area contributed by atoms with E-state index in [4.69, 9.17) is 4.74 Å². The lowest BCUT2D eigenvalue weighted by Crippen LogP contribution is -2.50. The Balaban J connectivity index is 1.45. The zero-order chi connectivity index (χ0) is 17.8. The van der Waals surface area contributed by atoms with Gasteiger partial charge in [-0.25, -0.2) is 9.78 Å². The molecular weight excluding hydrogens is 330 g/mol. The van der Waals surface area contributed by atoms with Crippen LogP contribution in [-0.4, -0.2) is 69.8 Å². The molecule has 2 aliphatic heterocycles. The Bertz CT molecular complexity index is 727. The highest BCUT2D eigenvalue weighted by molar-refractivity contribution is 5.74. The van der Waals surface area contributed by atoms with Gasteiger partial charge in [0.2, 0.25) is 0 Å². The lowest BCUT2D eigenvalue weighted by molar-refractivity contribution is 0.0407. The second-order valence-corrected chi connectivity index (χ2v) is 6.90. The summed E-state index contributed by atoms with van der Waals surface area (Å²) in [6.07, 6.45) is 7.74. The molecule has 0 saturated carbocycles. The van der Waals surface area contributed by atoms with Crippen molar-refractivity contribution >= 4 is 6.03 Å². The van der Waals surface area contributed by atoms with Crippen molar-refractivity contribution in [1.82, 2.24) is 24.3 Å². The molecule has 0 aliphatic carbocycles. The van der Waals surface area contributed by atoms with Crippen LogP contribution in [-0.2, 0) is 11.3 Å². The Labute approximate surface area is 153 Å². The summed E-state index contributed by atoms with van der Waals surface area (Å²) < 4.78 is 7.52. The van der Waals surface area contributed by atoms with Gasteiger partial charge in [-0.05, 0) is 25.0 Å². The largest absolute Gasteiger partial charge is 0.378 e. The van der Waals surface area contributed by atoms with Crippen LogP contribution in [0.4, 0.5) is 4.79 Å². The minimum atomic E-state index is 0.140. The number of aromatic nitrogens is 3.